The highest BCUT2D eigenvalue weighted by Crippen LogP contribution is 2.21. The number of rotatable bonds is 6. The number of ether oxygens (including phenoxy) is 2. The standard InChI is InChI=1S/C15H20BrNO4/c16-7-10-20-13-1-3-14(4-2-13)21-11-12-5-8-17(9-6-12)15(18)19/h1-4,12H,5-11H2,(H,18,19). The lowest BCUT2D eigenvalue weighted by atomic mass is 9.98. The summed E-state index contributed by atoms with van der Waals surface area (Å²) in [7, 11) is 0. The maximum absolute atomic E-state index is 10.8. The van der Waals surface area contributed by atoms with Crippen molar-refractivity contribution in [2.24, 2.45) is 5.92 Å². The molecule has 0 bridgehead atoms. The second-order valence-electron chi connectivity index (χ2n) is 5.03. The first kappa shape index (κ1) is 15.9. The first-order valence-corrected chi connectivity index (χ1v) is 8.20. The van der Waals surface area contributed by atoms with Gasteiger partial charge < -0.3 is 19.5 Å². The zero-order valence-electron chi connectivity index (χ0n) is 11.8. The number of carbonyl (C=O) groups is 1. The molecule has 0 saturated carbocycles. The Kier molecular flexibility index (Phi) is 6.17. The number of piperidine rings is 1. The average molecular weight is 358 g/mol. The SMILES string of the molecule is O=C(O)N1CCC(COc2ccc(OCCBr)cc2)CC1. The van der Waals surface area contributed by atoms with Crippen LogP contribution in [0.2, 0.25) is 0 Å². The van der Waals surface area contributed by atoms with Crippen molar-refractivity contribution in [2.75, 3.05) is 31.6 Å². The van der Waals surface area contributed by atoms with Crippen LogP contribution >= 0.6 is 15.9 Å². The van der Waals surface area contributed by atoms with Crippen LogP contribution in [0.1, 0.15) is 12.8 Å². The molecule has 21 heavy (non-hydrogen) atoms. The molecular formula is C15H20BrNO4. The van der Waals surface area contributed by atoms with Crippen molar-refractivity contribution in [1.82, 2.24) is 4.90 Å². The van der Waals surface area contributed by atoms with Gasteiger partial charge in [-0.2, -0.15) is 0 Å². The average Bonchev–Trinajstić information content (AvgIpc) is 2.52. The summed E-state index contributed by atoms with van der Waals surface area (Å²) in [6.07, 6.45) is 0.894. The number of carboxylic acid groups (broad SMARTS) is 1. The van der Waals surface area contributed by atoms with Crippen LogP contribution in [0.25, 0.3) is 0 Å². The third kappa shape index (κ3) is 5.12. The molecule has 5 nitrogen and oxygen atoms in total. The lowest BCUT2D eigenvalue weighted by Crippen LogP contribution is -2.38. The van der Waals surface area contributed by atoms with E-state index >= 15 is 0 Å². The number of amides is 1. The van der Waals surface area contributed by atoms with Gasteiger partial charge >= 0.3 is 6.09 Å². The normalized spacial score (nSPS) is 15.8. The van der Waals surface area contributed by atoms with E-state index in [1.165, 1.54) is 4.90 Å². The Morgan fingerprint density at radius 2 is 1.76 bits per heavy atom. The van der Waals surface area contributed by atoms with Crippen molar-refractivity contribution in [3.05, 3.63) is 24.3 Å². The molecule has 116 valence electrons. The summed E-state index contributed by atoms with van der Waals surface area (Å²) in [5, 5.41) is 9.71. The van der Waals surface area contributed by atoms with E-state index in [0.29, 0.717) is 32.2 Å². The second-order valence-corrected chi connectivity index (χ2v) is 5.83. The Labute approximate surface area is 133 Å². The minimum atomic E-state index is -0.826. The highest BCUT2D eigenvalue weighted by atomic mass is 79.9. The third-order valence-corrected chi connectivity index (χ3v) is 3.86. The molecule has 0 spiro atoms. The summed E-state index contributed by atoms with van der Waals surface area (Å²) in [4.78, 5) is 12.3. The van der Waals surface area contributed by atoms with E-state index < -0.39 is 6.09 Å². The van der Waals surface area contributed by atoms with Gasteiger partial charge in [-0.1, -0.05) is 15.9 Å². The fourth-order valence-electron chi connectivity index (χ4n) is 2.29. The van der Waals surface area contributed by atoms with E-state index in [1.54, 1.807) is 0 Å². The minimum absolute atomic E-state index is 0.421. The van der Waals surface area contributed by atoms with Crippen molar-refractivity contribution in [3.63, 3.8) is 0 Å². The predicted octanol–water partition coefficient (Wildman–Crippen LogP) is 3.23. The largest absolute Gasteiger partial charge is 0.493 e. The molecule has 1 aliphatic heterocycles. The van der Waals surface area contributed by atoms with Crippen LogP contribution < -0.4 is 9.47 Å². The van der Waals surface area contributed by atoms with Gasteiger partial charge in [0.1, 0.15) is 11.5 Å². The molecular weight excluding hydrogens is 338 g/mol. The number of benzene rings is 1. The van der Waals surface area contributed by atoms with Crippen LogP contribution in [-0.2, 0) is 0 Å². The number of hydrogen-bond acceptors (Lipinski definition) is 3. The Morgan fingerprint density at radius 1 is 1.19 bits per heavy atom. The second kappa shape index (κ2) is 8.12. The summed E-state index contributed by atoms with van der Waals surface area (Å²) >= 11 is 3.31. The lowest BCUT2D eigenvalue weighted by molar-refractivity contribution is 0.111. The summed E-state index contributed by atoms with van der Waals surface area (Å²) in [6, 6.07) is 7.59. The lowest BCUT2D eigenvalue weighted by Gasteiger charge is -2.29. The molecule has 0 atom stereocenters. The van der Waals surface area contributed by atoms with E-state index in [1.807, 2.05) is 24.3 Å². The van der Waals surface area contributed by atoms with Crippen LogP contribution in [0, 0.1) is 5.92 Å². The molecule has 1 heterocycles. The highest BCUT2D eigenvalue weighted by Gasteiger charge is 2.22. The van der Waals surface area contributed by atoms with Gasteiger partial charge in [0, 0.05) is 18.4 Å². The summed E-state index contributed by atoms with van der Waals surface area (Å²) < 4.78 is 11.2. The van der Waals surface area contributed by atoms with Crippen molar-refractivity contribution in [2.45, 2.75) is 12.8 Å². The van der Waals surface area contributed by atoms with Crippen LogP contribution in [0.4, 0.5) is 4.79 Å². The maximum atomic E-state index is 10.8. The fraction of sp³-hybridized carbons (Fsp3) is 0.533. The zero-order valence-corrected chi connectivity index (χ0v) is 13.4. The topological polar surface area (TPSA) is 59.0 Å². The molecule has 0 unspecified atom stereocenters. The summed E-state index contributed by atoms with van der Waals surface area (Å²) in [6.45, 7) is 2.47. The van der Waals surface area contributed by atoms with Gasteiger partial charge in [0.15, 0.2) is 0 Å². The number of alkyl halides is 1. The molecule has 1 aromatic carbocycles. The Hall–Kier alpha value is -1.43. The minimum Gasteiger partial charge on any atom is -0.493 e. The van der Waals surface area contributed by atoms with Gasteiger partial charge in [-0.05, 0) is 43.0 Å². The van der Waals surface area contributed by atoms with E-state index in [2.05, 4.69) is 15.9 Å². The van der Waals surface area contributed by atoms with Gasteiger partial charge in [-0.15, -0.1) is 0 Å². The molecule has 1 aliphatic rings. The summed E-state index contributed by atoms with van der Waals surface area (Å²) in [5.74, 6) is 2.07. The molecule has 1 fully saturated rings. The molecule has 0 aliphatic carbocycles. The van der Waals surface area contributed by atoms with Crippen molar-refractivity contribution < 1.29 is 19.4 Å². The van der Waals surface area contributed by atoms with E-state index in [9.17, 15) is 4.79 Å². The molecule has 0 aromatic heterocycles. The summed E-state index contributed by atoms with van der Waals surface area (Å²) in [5.41, 5.74) is 0. The smallest absolute Gasteiger partial charge is 0.407 e. The number of halogens is 1. The van der Waals surface area contributed by atoms with E-state index in [4.69, 9.17) is 14.6 Å². The Balaban J connectivity index is 1.72. The van der Waals surface area contributed by atoms with Crippen LogP contribution in [0.3, 0.4) is 0 Å². The zero-order chi connectivity index (χ0) is 15.1. The molecule has 1 N–H and O–H groups in total. The Bertz CT molecular complexity index is 443. The monoisotopic (exact) mass is 357 g/mol. The predicted molar refractivity (Wildman–Crippen MR) is 83.5 cm³/mol. The van der Waals surface area contributed by atoms with Gasteiger partial charge in [0.25, 0.3) is 0 Å². The number of hydrogen-bond donors (Lipinski definition) is 1. The number of nitrogens with zero attached hydrogens (tertiary/aromatic N) is 1. The van der Waals surface area contributed by atoms with E-state index in [0.717, 1.165) is 29.7 Å². The third-order valence-electron chi connectivity index (χ3n) is 3.54. The van der Waals surface area contributed by atoms with Crippen LogP contribution in [-0.4, -0.2) is 47.7 Å². The first-order valence-electron chi connectivity index (χ1n) is 7.08. The van der Waals surface area contributed by atoms with Gasteiger partial charge in [0.2, 0.25) is 0 Å². The molecule has 1 saturated heterocycles. The number of likely N-dealkylation sites (tertiary alicyclic amines) is 1. The van der Waals surface area contributed by atoms with Gasteiger partial charge in [-0.3, -0.25) is 0 Å². The Morgan fingerprint density at radius 3 is 2.29 bits per heavy atom. The molecule has 0 radical (unpaired) electrons. The molecule has 2 rings (SSSR count). The first-order chi connectivity index (χ1) is 10.2. The molecule has 6 heteroatoms. The van der Waals surface area contributed by atoms with Gasteiger partial charge in [0.05, 0.1) is 13.2 Å². The van der Waals surface area contributed by atoms with Crippen molar-refractivity contribution in [1.29, 1.82) is 0 Å². The van der Waals surface area contributed by atoms with E-state index in [-0.39, 0.29) is 0 Å². The molecule has 1 aromatic rings. The van der Waals surface area contributed by atoms with Crippen molar-refractivity contribution in [3.8, 4) is 11.5 Å². The fourth-order valence-corrected chi connectivity index (χ4v) is 2.46. The highest BCUT2D eigenvalue weighted by molar-refractivity contribution is 9.09. The van der Waals surface area contributed by atoms with Gasteiger partial charge in [-0.25, -0.2) is 4.79 Å². The van der Waals surface area contributed by atoms with Crippen LogP contribution in [0.15, 0.2) is 24.3 Å². The van der Waals surface area contributed by atoms with Crippen molar-refractivity contribution >= 4 is 22.0 Å². The maximum Gasteiger partial charge on any atom is 0.407 e. The quantitative estimate of drug-likeness (QED) is 0.794. The van der Waals surface area contributed by atoms with Crippen LogP contribution in [0.5, 0.6) is 11.5 Å². The molecule has 1 amide bonds.